The molecular weight excluding hydrogens is 380 g/mol. The van der Waals surface area contributed by atoms with E-state index in [9.17, 15) is 4.79 Å². The minimum absolute atomic E-state index is 0.0136. The Morgan fingerprint density at radius 1 is 1.20 bits per heavy atom. The van der Waals surface area contributed by atoms with Gasteiger partial charge in [-0.05, 0) is 37.1 Å². The number of aromatic amines is 1. The second kappa shape index (κ2) is 6.62. The summed E-state index contributed by atoms with van der Waals surface area (Å²) < 4.78 is 6.84. The summed E-state index contributed by atoms with van der Waals surface area (Å²) in [5.41, 5.74) is 8.53. The summed E-state index contributed by atoms with van der Waals surface area (Å²) in [6, 6.07) is 8.36. The summed E-state index contributed by atoms with van der Waals surface area (Å²) >= 11 is 0. The van der Waals surface area contributed by atoms with Gasteiger partial charge in [0.05, 0.1) is 18.9 Å². The van der Waals surface area contributed by atoms with Gasteiger partial charge >= 0.3 is 0 Å². The molecule has 0 bridgehead atoms. The van der Waals surface area contributed by atoms with E-state index in [1.807, 2.05) is 18.5 Å². The summed E-state index contributed by atoms with van der Waals surface area (Å²) in [4.78, 5) is 23.9. The summed E-state index contributed by atoms with van der Waals surface area (Å²) in [6.45, 7) is 3.48. The number of anilines is 2. The first-order chi connectivity index (χ1) is 14.6. The van der Waals surface area contributed by atoms with Crippen LogP contribution in [0.25, 0.3) is 22.0 Å². The fourth-order valence-electron chi connectivity index (χ4n) is 4.93. The molecule has 2 saturated heterocycles. The molecular formula is C23H26N4O3. The highest BCUT2D eigenvalue weighted by molar-refractivity contribution is 5.98. The lowest BCUT2D eigenvalue weighted by atomic mass is 9.63. The monoisotopic (exact) mass is 406 g/mol. The van der Waals surface area contributed by atoms with Crippen molar-refractivity contribution in [3.05, 3.63) is 47.0 Å². The van der Waals surface area contributed by atoms with Crippen LogP contribution < -0.4 is 15.9 Å². The highest BCUT2D eigenvalue weighted by atomic mass is 16.7. The van der Waals surface area contributed by atoms with Crippen molar-refractivity contribution in [2.75, 3.05) is 36.7 Å². The first-order valence-electron chi connectivity index (χ1n) is 10.7. The summed E-state index contributed by atoms with van der Waals surface area (Å²) in [7, 11) is 1.81. The lowest BCUT2D eigenvalue weighted by molar-refractivity contribution is -0.113. The van der Waals surface area contributed by atoms with E-state index in [0.717, 1.165) is 35.3 Å². The molecule has 1 spiro atoms. The van der Waals surface area contributed by atoms with Crippen molar-refractivity contribution in [1.82, 2.24) is 9.55 Å². The SMILES string of the molecule is Cn1cc(-c2cc(NOC3COC3)ccc2N2CC3(CCC3)C2)c2cc[nH]c2c1=O. The van der Waals surface area contributed by atoms with Gasteiger partial charge in [0, 0.05) is 60.1 Å². The van der Waals surface area contributed by atoms with E-state index in [4.69, 9.17) is 9.57 Å². The third-order valence-corrected chi connectivity index (χ3v) is 6.94. The molecule has 0 amide bonds. The molecule has 0 unspecified atom stereocenters. The van der Waals surface area contributed by atoms with Gasteiger partial charge in [-0.3, -0.25) is 15.1 Å². The first-order valence-corrected chi connectivity index (χ1v) is 10.7. The Morgan fingerprint density at radius 3 is 2.73 bits per heavy atom. The maximum Gasteiger partial charge on any atom is 0.274 e. The van der Waals surface area contributed by atoms with Gasteiger partial charge in [-0.2, -0.15) is 0 Å². The molecule has 1 saturated carbocycles. The van der Waals surface area contributed by atoms with Gasteiger partial charge in [0.2, 0.25) is 0 Å². The number of hydrogen-bond acceptors (Lipinski definition) is 5. The topological polar surface area (TPSA) is 71.5 Å². The van der Waals surface area contributed by atoms with Gasteiger partial charge < -0.3 is 19.2 Å². The van der Waals surface area contributed by atoms with Crippen molar-refractivity contribution >= 4 is 22.3 Å². The zero-order valence-corrected chi connectivity index (χ0v) is 17.1. The third-order valence-electron chi connectivity index (χ3n) is 6.94. The maximum atomic E-state index is 12.6. The summed E-state index contributed by atoms with van der Waals surface area (Å²) in [5, 5.41) is 0.948. The smallest absolute Gasteiger partial charge is 0.274 e. The van der Waals surface area contributed by atoms with E-state index in [1.165, 1.54) is 24.9 Å². The van der Waals surface area contributed by atoms with Gasteiger partial charge in [-0.15, -0.1) is 0 Å². The number of hydrogen-bond donors (Lipinski definition) is 2. The molecule has 2 N–H and O–H groups in total. The zero-order valence-electron chi connectivity index (χ0n) is 17.1. The average molecular weight is 406 g/mol. The van der Waals surface area contributed by atoms with Crippen LogP contribution in [0.5, 0.6) is 0 Å². The quantitative estimate of drug-likeness (QED) is 0.637. The minimum atomic E-state index is -0.0136. The van der Waals surface area contributed by atoms with Gasteiger partial charge in [0.1, 0.15) is 11.6 Å². The molecule has 4 heterocycles. The second-order valence-electron chi connectivity index (χ2n) is 9.05. The maximum absolute atomic E-state index is 12.6. The van der Waals surface area contributed by atoms with Gasteiger partial charge in [-0.1, -0.05) is 6.42 Å². The molecule has 0 atom stereocenters. The van der Waals surface area contributed by atoms with Crippen molar-refractivity contribution in [2.45, 2.75) is 25.4 Å². The molecule has 7 heteroatoms. The number of aromatic nitrogens is 2. The molecule has 2 aliphatic heterocycles. The molecule has 0 radical (unpaired) electrons. The van der Waals surface area contributed by atoms with E-state index in [2.05, 4.69) is 33.6 Å². The molecule has 156 valence electrons. The first kappa shape index (κ1) is 18.0. The van der Waals surface area contributed by atoms with E-state index in [0.29, 0.717) is 24.1 Å². The number of aryl methyl sites for hydroxylation is 1. The molecule has 2 aromatic heterocycles. The molecule has 3 fully saturated rings. The Kier molecular flexibility index (Phi) is 3.98. The van der Waals surface area contributed by atoms with Crippen molar-refractivity contribution < 1.29 is 9.57 Å². The van der Waals surface area contributed by atoms with Crippen molar-refractivity contribution in [2.24, 2.45) is 12.5 Å². The molecule has 3 aromatic rings. The van der Waals surface area contributed by atoms with Crippen molar-refractivity contribution in [1.29, 1.82) is 0 Å². The molecule has 6 rings (SSSR count). The Bertz CT molecular complexity index is 1160. The minimum Gasteiger partial charge on any atom is -0.376 e. The van der Waals surface area contributed by atoms with Crippen LogP contribution in [0.1, 0.15) is 19.3 Å². The fourth-order valence-corrected chi connectivity index (χ4v) is 4.93. The fraction of sp³-hybridized carbons (Fsp3) is 0.435. The largest absolute Gasteiger partial charge is 0.376 e. The second-order valence-corrected chi connectivity index (χ2v) is 9.05. The lowest BCUT2D eigenvalue weighted by Gasteiger charge is -2.57. The number of rotatable bonds is 5. The van der Waals surface area contributed by atoms with Gasteiger partial charge in [-0.25, -0.2) is 0 Å². The average Bonchev–Trinajstić information content (AvgIpc) is 3.12. The number of nitrogens with one attached hydrogen (secondary N) is 2. The van der Waals surface area contributed by atoms with Gasteiger partial charge in [0.25, 0.3) is 5.56 Å². The van der Waals surface area contributed by atoms with E-state index >= 15 is 0 Å². The van der Waals surface area contributed by atoms with E-state index in [-0.39, 0.29) is 11.7 Å². The van der Waals surface area contributed by atoms with Crippen LogP contribution in [0.4, 0.5) is 11.4 Å². The highest BCUT2D eigenvalue weighted by Crippen LogP contribution is 2.51. The predicted molar refractivity (Wildman–Crippen MR) is 117 cm³/mol. The summed E-state index contributed by atoms with van der Waals surface area (Å²) in [5.74, 6) is 0. The number of nitrogens with zero attached hydrogens (tertiary/aromatic N) is 2. The van der Waals surface area contributed by atoms with Crippen LogP contribution >= 0.6 is 0 Å². The number of pyridine rings is 1. The number of H-pyrrole nitrogens is 1. The Morgan fingerprint density at radius 2 is 2.03 bits per heavy atom. The van der Waals surface area contributed by atoms with Crippen LogP contribution in [-0.4, -0.2) is 42.0 Å². The Hall–Kier alpha value is -2.77. The Labute approximate surface area is 174 Å². The van der Waals surface area contributed by atoms with Crippen LogP contribution in [0, 0.1) is 5.41 Å². The zero-order chi connectivity index (χ0) is 20.3. The third kappa shape index (κ3) is 2.76. The van der Waals surface area contributed by atoms with Gasteiger partial charge in [0.15, 0.2) is 0 Å². The molecule has 1 aromatic carbocycles. The van der Waals surface area contributed by atoms with Crippen LogP contribution in [0.3, 0.4) is 0 Å². The number of ether oxygens (including phenoxy) is 1. The lowest BCUT2D eigenvalue weighted by Crippen LogP contribution is -2.60. The normalized spacial score (nSPS) is 20.1. The van der Waals surface area contributed by atoms with E-state index in [1.54, 1.807) is 11.6 Å². The number of fused-ring (bicyclic) bond motifs is 1. The van der Waals surface area contributed by atoms with Crippen molar-refractivity contribution in [3.8, 4) is 11.1 Å². The van der Waals surface area contributed by atoms with E-state index < -0.39 is 0 Å². The number of benzene rings is 1. The van der Waals surface area contributed by atoms with Crippen molar-refractivity contribution in [3.63, 3.8) is 0 Å². The molecule has 3 aliphatic rings. The molecule has 1 aliphatic carbocycles. The van der Waals surface area contributed by atoms with Crippen LogP contribution in [0.15, 0.2) is 41.5 Å². The Balaban J connectivity index is 1.42. The molecule has 7 nitrogen and oxygen atoms in total. The molecule has 30 heavy (non-hydrogen) atoms. The van der Waals surface area contributed by atoms with Crippen LogP contribution in [0.2, 0.25) is 0 Å². The standard InChI is InChI=1S/C23H26N4O3/c1-26-10-19(17-5-8-24-21(17)22(26)28)18-9-15(25-30-16-11-29-12-16)3-4-20(18)27-13-23(14-27)6-2-7-23/h3-5,8-10,16,24-25H,2,6-7,11-14H2,1H3. The van der Waals surface area contributed by atoms with Crippen LogP contribution in [-0.2, 0) is 16.6 Å². The highest BCUT2D eigenvalue weighted by Gasteiger charge is 2.47. The predicted octanol–water partition coefficient (Wildman–Crippen LogP) is 3.27. The summed E-state index contributed by atoms with van der Waals surface area (Å²) in [6.07, 6.45) is 7.92.